The second kappa shape index (κ2) is 7.74. The molecule has 1 aromatic carbocycles. The zero-order valence-electron chi connectivity index (χ0n) is 14.7. The molecule has 3 rings (SSSR count). The van der Waals surface area contributed by atoms with Crippen molar-refractivity contribution in [1.29, 1.82) is 0 Å². The summed E-state index contributed by atoms with van der Waals surface area (Å²) in [5.41, 5.74) is 2.08. The van der Waals surface area contributed by atoms with Crippen LogP contribution >= 0.6 is 0 Å². The quantitative estimate of drug-likeness (QED) is 0.814. The number of urea groups is 1. The summed E-state index contributed by atoms with van der Waals surface area (Å²) in [4.78, 5) is 12.2. The molecule has 2 amide bonds. The summed E-state index contributed by atoms with van der Waals surface area (Å²) in [5.74, 6) is 0.571. The molecule has 1 aliphatic heterocycles. The molecule has 0 radical (unpaired) electrons. The fourth-order valence-electron chi connectivity index (χ4n) is 3.58. The lowest BCUT2D eigenvalue weighted by Crippen LogP contribution is -2.44. The summed E-state index contributed by atoms with van der Waals surface area (Å²) in [6.45, 7) is 1.05. The van der Waals surface area contributed by atoms with Gasteiger partial charge in [-0.1, -0.05) is 24.6 Å². The molecular weight excluding hydrogens is 338 g/mol. The third-order valence-corrected chi connectivity index (χ3v) is 6.32. The van der Waals surface area contributed by atoms with Crippen molar-refractivity contribution in [2.24, 2.45) is 0 Å². The van der Waals surface area contributed by atoms with E-state index in [1.165, 1.54) is 24.7 Å². The fraction of sp³-hybridized carbons (Fsp3) is 0.611. The van der Waals surface area contributed by atoms with Crippen LogP contribution in [0.1, 0.15) is 50.0 Å². The molecule has 1 saturated heterocycles. The van der Waals surface area contributed by atoms with Gasteiger partial charge in [0.25, 0.3) is 0 Å². The largest absolute Gasteiger partial charge is 0.338 e. The van der Waals surface area contributed by atoms with E-state index in [4.69, 9.17) is 0 Å². The number of benzene rings is 1. The van der Waals surface area contributed by atoms with E-state index in [2.05, 4.69) is 16.7 Å². The highest BCUT2D eigenvalue weighted by Crippen LogP contribution is 2.43. The lowest BCUT2D eigenvalue weighted by Gasteiger charge is -2.33. The Morgan fingerprint density at radius 3 is 2.68 bits per heavy atom. The summed E-state index contributed by atoms with van der Waals surface area (Å²) in [6.07, 6.45) is 7.09. The number of para-hydroxylation sites is 1. The van der Waals surface area contributed by atoms with Crippen LogP contribution in [0.25, 0.3) is 0 Å². The van der Waals surface area contributed by atoms with Gasteiger partial charge >= 0.3 is 6.03 Å². The van der Waals surface area contributed by atoms with Crippen LogP contribution in [0.4, 0.5) is 10.5 Å². The van der Waals surface area contributed by atoms with Crippen molar-refractivity contribution in [1.82, 2.24) is 9.62 Å². The van der Waals surface area contributed by atoms with E-state index in [0.717, 1.165) is 24.9 Å². The number of carbonyl (C=O) groups excluding carboxylic acids is 1. The Bertz CT molecular complexity index is 716. The molecule has 7 heteroatoms. The molecule has 2 fully saturated rings. The van der Waals surface area contributed by atoms with Gasteiger partial charge in [-0.05, 0) is 49.7 Å². The molecule has 1 heterocycles. The minimum Gasteiger partial charge on any atom is -0.338 e. The van der Waals surface area contributed by atoms with E-state index < -0.39 is 10.0 Å². The van der Waals surface area contributed by atoms with Gasteiger partial charge in [-0.3, -0.25) is 0 Å². The van der Waals surface area contributed by atoms with Gasteiger partial charge in [0.1, 0.15) is 0 Å². The molecule has 138 valence electrons. The Hall–Kier alpha value is -1.60. The normalized spacial score (nSPS) is 21.7. The lowest BCUT2D eigenvalue weighted by atomic mass is 10.0. The molecule has 0 aromatic heterocycles. The zero-order valence-corrected chi connectivity index (χ0v) is 15.5. The van der Waals surface area contributed by atoms with Crippen LogP contribution in [0.2, 0.25) is 0 Å². The minimum absolute atomic E-state index is 0.0113. The van der Waals surface area contributed by atoms with Crippen LogP contribution in [-0.2, 0) is 10.0 Å². The van der Waals surface area contributed by atoms with Crippen LogP contribution in [0.5, 0.6) is 0 Å². The number of hydrogen-bond donors (Lipinski definition) is 2. The van der Waals surface area contributed by atoms with E-state index in [0.29, 0.717) is 25.4 Å². The Balaban J connectivity index is 1.49. The topological polar surface area (TPSA) is 78.5 Å². The average Bonchev–Trinajstić information content (AvgIpc) is 3.40. The molecule has 2 aliphatic rings. The number of anilines is 1. The van der Waals surface area contributed by atoms with Crippen LogP contribution < -0.4 is 10.6 Å². The third kappa shape index (κ3) is 4.95. The van der Waals surface area contributed by atoms with Gasteiger partial charge in [0.2, 0.25) is 10.0 Å². The first-order chi connectivity index (χ1) is 11.9. The predicted octanol–water partition coefficient (Wildman–Crippen LogP) is 2.89. The van der Waals surface area contributed by atoms with Crippen LogP contribution in [0.15, 0.2) is 24.3 Å². The average molecular weight is 365 g/mol. The monoisotopic (exact) mass is 365 g/mol. The van der Waals surface area contributed by atoms with Crippen molar-refractivity contribution in [2.75, 3.05) is 24.7 Å². The number of piperidine rings is 1. The van der Waals surface area contributed by atoms with Crippen molar-refractivity contribution in [2.45, 2.75) is 50.5 Å². The summed E-state index contributed by atoms with van der Waals surface area (Å²) < 4.78 is 25.3. The Labute approximate surface area is 150 Å². The molecule has 25 heavy (non-hydrogen) atoms. The Morgan fingerprint density at radius 2 is 1.96 bits per heavy atom. The number of nitrogens with zero attached hydrogens (tertiary/aromatic N) is 1. The van der Waals surface area contributed by atoms with Crippen molar-refractivity contribution in [3.05, 3.63) is 29.8 Å². The van der Waals surface area contributed by atoms with Crippen molar-refractivity contribution in [3.8, 4) is 0 Å². The van der Waals surface area contributed by atoms with E-state index >= 15 is 0 Å². The molecule has 1 aliphatic carbocycles. The van der Waals surface area contributed by atoms with Gasteiger partial charge in [-0.25, -0.2) is 13.2 Å². The van der Waals surface area contributed by atoms with Crippen molar-refractivity contribution in [3.63, 3.8) is 0 Å². The van der Waals surface area contributed by atoms with Crippen LogP contribution in [-0.4, -0.2) is 44.1 Å². The summed E-state index contributed by atoms with van der Waals surface area (Å²) in [7, 11) is -3.18. The SMILES string of the molecule is CS(=O)(=O)N1CCCCC1CCNC(=O)Nc1ccccc1C1CC1. The Morgan fingerprint density at radius 1 is 1.20 bits per heavy atom. The smallest absolute Gasteiger partial charge is 0.319 e. The van der Waals surface area contributed by atoms with Gasteiger partial charge in [0, 0.05) is 24.8 Å². The molecule has 1 aromatic rings. The molecule has 1 unspecified atom stereocenters. The van der Waals surface area contributed by atoms with E-state index in [1.807, 2.05) is 18.2 Å². The third-order valence-electron chi connectivity index (χ3n) is 4.99. The second-order valence-corrected chi connectivity index (χ2v) is 8.99. The zero-order chi connectivity index (χ0) is 17.9. The summed E-state index contributed by atoms with van der Waals surface area (Å²) >= 11 is 0. The molecule has 6 nitrogen and oxygen atoms in total. The van der Waals surface area contributed by atoms with Crippen molar-refractivity contribution < 1.29 is 13.2 Å². The van der Waals surface area contributed by atoms with E-state index in [-0.39, 0.29) is 12.1 Å². The van der Waals surface area contributed by atoms with Crippen molar-refractivity contribution >= 4 is 21.7 Å². The molecule has 2 N–H and O–H groups in total. The maximum atomic E-state index is 12.2. The first kappa shape index (κ1) is 18.2. The maximum absolute atomic E-state index is 12.2. The van der Waals surface area contributed by atoms with E-state index in [1.54, 1.807) is 4.31 Å². The first-order valence-electron chi connectivity index (χ1n) is 9.06. The number of amides is 2. The maximum Gasteiger partial charge on any atom is 0.319 e. The van der Waals surface area contributed by atoms with Gasteiger partial charge in [0.15, 0.2) is 0 Å². The molecule has 0 spiro atoms. The number of carbonyl (C=O) groups is 1. The van der Waals surface area contributed by atoms with E-state index in [9.17, 15) is 13.2 Å². The molecule has 0 bridgehead atoms. The lowest BCUT2D eigenvalue weighted by molar-refractivity contribution is 0.235. The molecule has 1 atom stereocenters. The highest BCUT2D eigenvalue weighted by molar-refractivity contribution is 7.88. The van der Waals surface area contributed by atoms with Gasteiger partial charge in [0.05, 0.1) is 6.26 Å². The highest BCUT2D eigenvalue weighted by atomic mass is 32.2. The predicted molar refractivity (Wildman–Crippen MR) is 99.2 cm³/mol. The number of nitrogens with one attached hydrogen (secondary N) is 2. The Kier molecular flexibility index (Phi) is 5.64. The second-order valence-electron chi connectivity index (χ2n) is 7.05. The highest BCUT2D eigenvalue weighted by Gasteiger charge is 2.29. The molecule has 1 saturated carbocycles. The first-order valence-corrected chi connectivity index (χ1v) is 10.9. The van der Waals surface area contributed by atoms with Gasteiger partial charge in [-0.2, -0.15) is 4.31 Å². The number of rotatable bonds is 6. The molecular formula is C18H27N3O3S. The van der Waals surface area contributed by atoms with Crippen LogP contribution in [0, 0.1) is 0 Å². The van der Waals surface area contributed by atoms with Gasteiger partial charge < -0.3 is 10.6 Å². The van der Waals surface area contributed by atoms with Gasteiger partial charge in [-0.15, -0.1) is 0 Å². The number of sulfonamides is 1. The standard InChI is InChI=1S/C18H27N3O3S/c1-25(23,24)21-13-5-4-6-15(21)11-12-19-18(22)20-17-8-3-2-7-16(17)14-9-10-14/h2-3,7-8,14-15H,4-6,9-13H2,1H3,(H2,19,20,22). The summed E-state index contributed by atoms with van der Waals surface area (Å²) in [6, 6.07) is 7.68. The van der Waals surface area contributed by atoms with Crippen LogP contribution in [0.3, 0.4) is 0 Å². The minimum atomic E-state index is -3.18. The number of hydrogen-bond acceptors (Lipinski definition) is 3. The fourth-order valence-corrected chi connectivity index (χ4v) is 4.79. The summed E-state index contributed by atoms with van der Waals surface area (Å²) in [5, 5.41) is 5.79.